The number of benzene rings is 1. The van der Waals surface area contributed by atoms with Gasteiger partial charge < -0.3 is 19.5 Å². The predicted molar refractivity (Wildman–Crippen MR) is 116 cm³/mol. The summed E-state index contributed by atoms with van der Waals surface area (Å²) in [6, 6.07) is 11.4. The predicted octanol–water partition coefficient (Wildman–Crippen LogP) is 3.49. The first-order chi connectivity index (χ1) is 14.7. The minimum atomic E-state index is -0.0923. The smallest absolute Gasteiger partial charge is 0.226 e. The van der Waals surface area contributed by atoms with E-state index in [0.717, 1.165) is 27.6 Å². The van der Waals surface area contributed by atoms with E-state index in [1.165, 1.54) is 11.3 Å². The molecule has 0 spiro atoms. The molecule has 2 aromatic heterocycles. The van der Waals surface area contributed by atoms with Crippen molar-refractivity contribution in [1.29, 1.82) is 0 Å². The maximum atomic E-state index is 12.3. The summed E-state index contributed by atoms with van der Waals surface area (Å²) in [5.41, 5.74) is 2.57. The average Bonchev–Trinajstić information content (AvgIpc) is 3.22. The highest BCUT2D eigenvalue weighted by molar-refractivity contribution is 7.13. The minimum absolute atomic E-state index is 0.0923. The molecule has 0 saturated heterocycles. The van der Waals surface area contributed by atoms with Gasteiger partial charge in [-0.05, 0) is 24.6 Å². The summed E-state index contributed by atoms with van der Waals surface area (Å²) in [7, 11) is 1.62. The van der Waals surface area contributed by atoms with Gasteiger partial charge >= 0.3 is 0 Å². The van der Waals surface area contributed by atoms with Crippen LogP contribution in [0.15, 0.2) is 48.0 Å². The molecule has 0 radical (unpaired) electrons. The highest BCUT2D eigenvalue weighted by Crippen LogP contribution is 2.32. The number of carbonyl (C=O) groups excluding carboxylic acids is 1. The molecule has 1 aromatic carbocycles. The lowest BCUT2D eigenvalue weighted by atomic mass is 10.2. The largest absolute Gasteiger partial charge is 0.493 e. The Morgan fingerprint density at radius 3 is 2.77 bits per heavy atom. The number of ether oxygens (including phenoxy) is 3. The summed E-state index contributed by atoms with van der Waals surface area (Å²) in [5, 5.41) is 5.65. The van der Waals surface area contributed by atoms with E-state index in [1.54, 1.807) is 19.4 Å². The molecule has 158 valence electrons. The summed E-state index contributed by atoms with van der Waals surface area (Å²) in [5.74, 6) is 1.24. The first kappa shape index (κ1) is 21.7. The second-order valence-corrected chi connectivity index (χ2v) is 7.23. The zero-order valence-corrected chi connectivity index (χ0v) is 17.9. The van der Waals surface area contributed by atoms with Crippen LogP contribution in [0.2, 0.25) is 0 Å². The lowest BCUT2D eigenvalue weighted by molar-refractivity contribution is -0.120. The van der Waals surface area contributed by atoms with Crippen LogP contribution < -0.4 is 14.8 Å². The molecule has 0 unspecified atom stereocenters. The van der Waals surface area contributed by atoms with Crippen molar-refractivity contribution in [2.24, 2.45) is 0 Å². The zero-order chi connectivity index (χ0) is 21.2. The van der Waals surface area contributed by atoms with Crippen LogP contribution in [-0.4, -0.2) is 42.8 Å². The van der Waals surface area contributed by atoms with E-state index in [0.29, 0.717) is 32.2 Å². The fraction of sp³-hybridized carbons (Fsp3) is 0.318. The normalized spacial score (nSPS) is 10.6. The summed E-state index contributed by atoms with van der Waals surface area (Å²) >= 11 is 1.50. The molecular weight excluding hydrogens is 402 g/mol. The van der Waals surface area contributed by atoms with E-state index in [1.807, 2.05) is 42.6 Å². The molecule has 2 heterocycles. The summed E-state index contributed by atoms with van der Waals surface area (Å²) in [4.78, 5) is 21.1. The third kappa shape index (κ3) is 6.27. The molecule has 1 amide bonds. The molecule has 0 aliphatic heterocycles. The van der Waals surface area contributed by atoms with E-state index in [9.17, 15) is 4.79 Å². The first-order valence-electron chi connectivity index (χ1n) is 9.69. The van der Waals surface area contributed by atoms with Crippen molar-refractivity contribution in [3.05, 3.63) is 59.2 Å². The van der Waals surface area contributed by atoms with Gasteiger partial charge in [0.15, 0.2) is 0 Å². The molecule has 0 fully saturated rings. The van der Waals surface area contributed by atoms with Crippen LogP contribution in [0.3, 0.4) is 0 Å². The van der Waals surface area contributed by atoms with E-state index in [4.69, 9.17) is 14.2 Å². The fourth-order valence-electron chi connectivity index (χ4n) is 2.69. The standard InChI is InChI=1S/C22H25N3O4S/c1-3-28-19-7-5-4-6-18(19)22-25-17(15-30-22)12-20(26)23-13-16-8-9-21(24-14-16)29-11-10-27-2/h4-9,14-15H,3,10-13H2,1-2H3,(H,23,26). The number of nitrogens with zero attached hydrogens (tertiary/aromatic N) is 2. The van der Waals surface area contributed by atoms with Gasteiger partial charge in [0.25, 0.3) is 0 Å². The molecule has 30 heavy (non-hydrogen) atoms. The molecule has 7 nitrogen and oxygen atoms in total. The van der Waals surface area contributed by atoms with Crippen LogP contribution in [0, 0.1) is 0 Å². The van der Waals surface area contributed by atoms with Crippen molar-refractivity contribution in [2.75, 3.05) is 26.9 Å². The Hall–Kier alpha value is -2.97. The number of hydrogen-bond acceptors (Lipinski definition) is 7. The van der Waals surface area contributed by atoms with Crippen molar-refractivity contribution < 1.29 is 19.0 Å². The van der Waals surface area contributed by atoms with Crippen molar-refractivity contribution in [3.63, 3.8) is 0 Å². The van der Waals surface area contributed by atoms with Crippen LogP contribution >= 0.6 is 11.3 Å². The number of nitrogens with one attached hydrogen (secondary N) is 1. The first-order valence-corrected chi connectivity index (χ1v) is 10.6. The Bertz CT molecular complexity index is 944. The molecule has 3 aromatic rings. The van der Waals surface area contributed by atoms with Crippen molar-refractivity contribution in [3.8, 4) is 22.2 Å². The van der Waals surface area contributed by atoms with Gasteiger partial charge in [-0.3, -0.25) is 4.79 Å². The van der Waals surface area contributed by atoms with E-state index in [-0.39, 0.29) is 12.3 Å². The zero-order valence-electron chi connectivity index (χ0n) is 17.1. The van der Waals surface area contributed by atoms with Crippen molar-refractivity contribution in [1.82, 2.24) is 15.3 Å². The van der Waals surface area contributed by atoms with Crippen LogP contribution in [0.5, 0.6) is 11.6 Å². The quantitative estimate of drug-likeness (QED) is 0.472. The number of thiazole rings is 1. The van der Waals surface area contributed by atoms with Gasteiger partial charge in [0.2, 0.25) is 11.8 Å². The second-order valence-electron chi connectivity index (χ2n) is 6.37. The Kier molecular flexibility index (Phi) is 8.17. The van der Waals surface area contributed by atoms with E-state index >= 15 is 0 Å². The number of para-hydroxylation sites is 1. The molecule has 0 saturated carbocycles. The summed E-state index contributed by atoms with van der Waals surface area (Å²) < 4.78 is 16.0. The van der Waals surface area contributed by atoms with Crippen LogP contribution in [0.1, 0.15) is 18.2 Å². The number of carbonyl (C=O) groups is 1. The monoisotopic (exact) mass is 427 g/mol. The Morgan fingerprint density at radius 2 is 2.00 bits per heavy atom. The van der Waals surface area contributed by atoms with Gasteiger partial charge in [-0.25, -0.2) is 9.97 Å². The molecule has 0 bridgehead atoms. The SMILES string of the molecule is CCOc1ccccc1-c1nc(CC(=O)NCc2ccc(OCCOC)nc2)cs1. The number of pyridine rings is 1. The lowest BCUT2D eigenvalue weighted by Gasteiger charge is -2.07. The number of hydrogen-bond donors (Lipinski definition) is 1. The van der Waals surface area contributed by atoms with Crippen LogP contribution in [0.4, 0.5) is 0 Å². The Labute approximate surface area is 180 Å². The Balaban J connectivity index is 1.51. The fourth-order valence-corrected chi connectivity index (χ4v) is 3.54. The minimum Gasteiger partial charge on any atom is -0.493 e. The molecule has 0 aliphatic carbocycles. The molecule has 1 N–H and O–H groups in total. The number of methoxy groups -OCH3 is 1. The molecule has 0 atom stereocenters. The highest BCUT2D eigenvalue weighted by atomic mass is 32.1. The molecule has 0 aliphatic rings. The topological polar surface area (TPSA) is 82.6 Å². The van der Waals surface area contributed by atoms with Gasteiger partial charge in [0.05, 0.1) is 30.9 Å². The van der Waals surface area contributed by atoms with E-state index in [2.05, 4.69) is 15.3 Å². The molecule has 8 heteroatoms. The van der Waals surface area contributed by atoms with Gasteiger partial charge in [-0.2, -0.15) is 0 Å². The lowest BCUT2D eigenvalue weighted by Crippen LogP contribution is -2.24. The van der Waals surface area contributed by atoms with Gasteiger partial charge in [0.1, 0.15) is 17.4 Å². The summed E-state index contributed by atoms with van der Waals surface area (Å²) in [6.07, 6.45) is 1.91. The third-order valence-electron chi connectivity index (χ3n) is 4.14. The van der Waals surface area contributed by atoms with Crippen LogP contribution in [-0.2, 0) is 22.5 Å². The van der Waals surface area contributed by atoms with Crippen molar-refractivity contribution >= 4 is 17.2 Å². The van der Waals surface area contributed by atoms with Gasteiger partial charge in [-0.1, -0.05) is 18.2 Å². The maximum absolute atomic E-state index is 12.3. The second kappa shape index (κ2) is 11.3. The molecular formula is C22H25N3O4S. The van der Waals surface area contributed by atoms with Gasteiger partial charge in [0, 0.05) is 31.3 Å². The Morgan fingerprint density at radius 1 is 1.13 bits per heavy atom. The number of rotatable bonds is 11. The number of aromatic nitrogens is 2. The van der Waals surface area contributed by atoms with Crippen molar-refractivity contribution in [2.45, 2.75) is 19.9 Å². The van der Waals surface area contributed by atoms with Crippen LogP contribution in [0.25, 0.3) is 10.6 Å². The average molecular weight is 428 g/mol. The summed E-state index contributed by atoms with van der Waals surface area (Å²) in [6.45, 7) is 3.90. The third-order valence-corrected chi connectivity index (χ3v) is 5.06. The highest BCUT2D eigenvalue weighted by Gasteiger charge is 2.12. The molecule has 3 rings (SSSR count). The van der Waals surface area contributed by atoms with Gasteiger partial charge in [-0.15, -0.1) is 11.3 Å². The van der Waals surface area contributed by atoms with E-state index < -0.39 is 0 Å². The maximum Gasteiger partial charge on any atom is 0.226 e. The number of amides is 1.